The first kappa shape index (κ1) is 15.1. The van der Waals surface area contributed by atoms with E-state index in [1.807, 2.05) is 4.90 Å². The lowest BCUT2D eigenvalue weighted by Crippen LogP contribution is -2.32. The molecule has 1 aliphatic rings. The van der Waals surface area contributed by atoms with Gasteiger partial charge in [0.25, 0.3) is 5.91 Å². The Bertz CT molecular complexity index is 500. The first-order chi connectivity index (χ1) is 9.55. The van der Waals surface area contributed by atoms with Crippen LogP contribution in [0.25, 0.3) is 0 Å². The Morgan fingerprint density at radius 3 is 2.75 bits per heavy atom. The summed E-state index contributed by atoms with van der Waals surface area (Å²) in [5.41, 5.74) is 0.815. The summed E-state index contributed by atoms with van der Waals surface area (Å²) in [6.07, 6.45) is 4.83. The summed E-state index contributed by atoms with van der Waals surface area (Å²) in [5, 5.41) is 3.35. The zero-order chi connectivity index (χ0) is 14.8. The third kappa shape index (κ3) is 2.75. The summed E-state index contributed by atoms with van der Waals surface area (Å²) in [5.74, 6) is 0.673. The van der Waals surface area contributed by atoms with E-state index in [1.54, 1.807) is 13.1 Å². The van der Waals surface area contributed by atoms with Crippen molar-refractivity contribution in [3.63, 3.8) is 0 Å². The fourth-order valence-electron chi connectivity index (χ4n) is 2.85. The van der Waals surface area contributed by atoms with Crippen LogP contribution in [0.1, 0.15) is 43.5 Å². The number of rotatable bonds is 4. The molecule has 1 amide bonds. The molecule has 2 heterocycles. The molecule has 1 fully saturated rings. The van der Waals surface area contributed by atoms with Gasteiger partial charge >= 0.3 is 0 Å². The lowest BCUT2D eigenvalue weighted by atomic mass is 9.82. The van der Waals surface area contributed by atoms with Crippen LogP contribution < -0.4 is 5.32 Å². The van der Waals surface area contributed by atoms with Gasteiger partial charge in [-0.3, -0.25) is 4.79 Å². The number of anilines is 1. The van der Waals surface area contributed by atoms with Crippen LogP contribution in [-0.2, 0) is 0 Å². The Morgan fingerprint density at radius 2 is 2.20 bits per heavy atom. The second kappa shape index (κ2) is 6.00. The molecule has 110 valence electrons. The van der Waals surface area contributed by atoms with Crippen molar-refractivity contribution in [1.29, 1.82) is 0 Å². The Labute approximate surface area is 125 Å². The highest BCUT2D eigenvalue weighted by Crippen LogP contribution is 2.37. The number of halogens is 1. The van der Waals surface area contributed by atoms with E-state index in [-0.39, 0.29) is 11.3 Å². The van der Waals surface area contributed by atoms with E-state index in [2.05, 4.69) is 24.1 Å². The van der Waals surface area contributed by atoms with E-state index >= 15 is 0 Å². The monoisotopic (exact) mass is 295 g/mol. The summed E-state index contributed by atoms with van der Waals surface area (Å²) in [6.45, 7) is 6.05. The SMILES string of the molecule is CCC1(CC)CCN(C(=O)c2cc(NC)ncc2Cl)C1. The second-order valence-corrected chi connectivity index (χ2v) is 5.89. The van der Waals surface area contributed by atoms with E-state index in [9.17, 15) is 4.79 Å². The first-order valence-corrected chi connectivity index (χ1v) is 7.55. The smallest absolute Gasteiger partial charge is 0.255 e. The van der Waals surface area contributed by atoms with E-state index in [4.69, 9.17) is 11.6 Å². The van der Waals surface area contributed by atoms with Gasteiger partial charge in [-0.2, -0.15) is 0 Å². The third-order valence-electron chi connectivity index (χ3n) is 4.57. The maximum atomic E-state index is 12.6. The Kier molecular flexibility index (Phi) is 4.53. The number of hydrogen-bond donors (Lipinski definition) is 1. The highest BCUT2D eigenvalue weighted by atomic mass is 35.5. The van der Waals surface area contributed by atoms with Crippen LogP contribution in [0.4, 0.5) is 5.82 Å². The molecule has 1 aromatic heterocycles. The molecule has 0 aliphatic carbocycles. The van der Waals surface area contributed by atoms with Crippen LogP contribution >= 0.6 is 11.6 Å². The van der Waals surface area contributed by atoms with Crippen LogP contribution in [0, 0.1) is 5.41 Å². The van der Waals surface area contributed by atoms with E-state index < -0.39 is 0 Å². The number of aromatic nitrogens is 1. The molecule has 1 aliphatic heterocycles. The number of pyridine rings is 1. The normalized spacial score (nSPS) is 17.3. The van der Waals surface area contributed by atoms with Crippen LogP contribution in [0.5, 0.6) is 0 Å². The van der Waals surface area contributed by atoms with Crippen molar-refractivity contribution in [2.24, 2.45) is 5.41 Å². The molecule has 20 heavy (non-hydrogen) atoms. The van der Waals surface area contributed by atoms with Gasteiger partial charge in [0.2, 0.25) is 0 Å². The molecule has 0 atom stereocenters. The molecule has 0 spiro atoms. The van der Waals surface area contributed by atoms with Crippen molar-refractivity contribution in [2.75, 3.05) is 25.5 Å². The maximum Gasteiger partial charge on any atom is 0.255 e. The number of nitrogens with one attached hydrogen (secondary N) is 1. The summed E-state index contributed by atoms with van der Waals surface area (Å²) in [7, 11) is 1.78. The van der Waals surface area contributed by atoms with E-state index in [1.165, 1.54) is 6.20 Å². The number of likely N-dealkylation sites (tertiary alicyclic amines) is 1. The molecular formula is C15H22ClN3O. The topological polar surface area (TPSA) is 45.2 Å². The van der Waals surface area contributed by atoms with Gasteiger partial charge in [-0.05, 0) is 30.7 Å². The molecule has 1 N–H and O–H groups in total. The molecule has 0 unspecified atom stereocenters. The molecule has 0 radical (unpaired) electrons. The predicted molar refractivity (Wildman–Crippen MR) is 82.3 cm³/mol. The Balaban J connectivity index is 2.21. The third-order valence-corrected chi connectivity index (χ3v) is 4.87. The molecule has 0 saturated carbocycles. The van der Waals surface area contributed by atoms with Crippen LogP contribution in [-0.4, -0.2) is 35.9 Å². The fourth-order valence-corrected chi connectivity index (χ4v) is 3.03. The number of hydrogen-bond acceptors (Lipinski definition) is 3. The molecule has 4 nitrogen and oxygen atoms in total. The van der Waals surface area contributed by atoms with Gasteiger partial charge in [0, 0.05) is 26.3 Å². The van der Waals surface area contributed by atoms with Crippen molar-refractivity contribution in [3.05, 3.63) is 22.8 Å². The molecule has 5 heteroatoms. The maximum absolute atomic E-state index is 12.6. The summed E-state index contributed by atoms with van der Waals surface area (Å²) in [6, 6.07) is 1.72. The van der Waals surface area contributed by atoms with Gasteiger partial charge in [0.1, 0.15) is 5.82 Å². The van der Waals surface area contributed by atoms with Gasteiger partial charge in [-0.25, -0.2) is 4.98 Å². The minimum absolute atomic E-state index is 0.0117. The minimum Gasteiger partial charge on any atom is -0.373 e. The largest absolute Gasteiger partial charge is 0.373 e. The molecule has 1 saturated heterocycles. The highest BCUT2D eigenvalue weighted by Gasteiger charge is 2.37. The number of nitrogens with zero attached hydrogens (tertiary/aromatic N) is 2. The molecular weight excluding hydrogens is 274 g/mol. The zero-order valence-corrected chi connectivity index (χ0v) is 13.1. The summed E-state index contributed by atoms with van der Waals surface area (Å²) < 4.78 is 0. The van der Waals surface area contributed by atoms with Gasteiger partial charge in [-0.15, -0.1) is 0 Å². The van der Waals surface area contributed by atoms with Gasteiger partial charge < -0.3 is 10.2 Å². The quantitative estimate of drug-likeness (QED) is 0.925. The van der Waals surface area contributed by atoms with Gasteiger partial charge in [0.15, 0.2) is 0 Å². The molecule has 0 bridgehead atoms. The summed E-state index contributed by atoms with van der Waals surface area (Å²) >= 11 is 6.13. The van der Waals surface area contributed by atoms with Crippen molar-refractivity contribution in [3.8, 4) is 0 Å². The van der Waals surface area contributed by atoms with E-state index in [0.29, 0.717) is 16.4 Å². The Hall–Kier alpha value is -1.29. The molecule has 1 aromatic rings. The number of amides is 1. The van der Waals surface area contributed by atoms with Gasteiger partial charge in [-0.1, -0.05) is 25.4 Å². The van der Waals surface area contributed by atoms with Crippen molar-refractivity contribution < 1.29 is 4.79 Å². The van der Waals surface area contributed by atoms with Crippen LogP contribution in [0.2, 0.25) is 5.02 Å². The lowest BCUT2D eigenvalue weighted by molar-refractivity contribution is 0.0770. The fraction of sp³-hybridized carbons (Fsp3) is 0.600. The molecule has 0 aromatic carbocycles. The van der Waals surface area contributed by atoms with Crippen molar-refractivity contribution in [2.45, 2.75) is 33.1 Å². The average molecular weight is 296 g/mol. The first-order valence-electron chi connectivity index (χ1n) is 7.18. The van der Waals surface area contributed by atoms with Crippen molar-refractivity contribution in [1.82, 2.24) is 9.88 Å². The second-order valence-electron chi connectivity index (χ2n) is 5.48. The molecule has 2 rings (SSSR count). The number of carbonyl (C=O) groups is 1. The van der Waals surface area contributed by atoms with Gasteiger partial charge in [0.05, 0.1) is 10.6 Å². The van der Waals surface area contributed by atoms with Crippen molar-refractivity contribution >= 4 is 23.3 Å². The summed E-state index contributed by atoms with van der Waals surface area (Å²) in [4.78, 5) is 18.7. The average Bonchev–Trinajstić information content (AvgIpc) is 2.92. The Morgan fingerprint density at radius 1 is 1.50 bits per heavy atom. The van der Waals surface area contributed by atoms with E-state index in [0.717, 1.165) is 32.4 Å². The zero-order valence-electron chi connectivity index (χ0n) is 12.4. The number of carbonyl (C=O) groups excluding carboxylic acids is 1. The minimum atomic E-state index is 0.0117. The predicted octanol–water partition coefficient (Wildman–Crippen LogP) is 3.43. The van der Waals surface area contributed by atoms with Crippen LogP contribution in [0.3, 0.4) is 0 Å². The standard InChI is InChI=1S/C15H22ClN3O/c1-4-15(5-2)6-7-19(10-15)14(20)11-8-13(17-3)18-9-12(11)16/h8-9H,4-7,10H2,1-3H3,(H,17,18). The van der Waals surface area contributed by atoms with Crippen LogP contribution in [0.15, 0.2) is 12.3 Å². The highest BCUT2D eigenvalue weighted by molar-refractivity contribution is 6.33. The lowest BCUT2D eigenvalue weighted by Gasteiger charge is -2.26.